The molecular formula is C24H31N3O3. The molecule has 0 spiro atoms. The van der Waals surface area contributed by atoms with Crippen LogP contribution < -0.4 is 26.4 Å². The lowest BCUT2D eigenvalue weighted by Crippen LogP contribution is -2.42. The first-order valence-corrected chi connectivity index (χ1v) is 11.3. The van der Waals surface area contributed by atoms with E-state index in [1.165, 1.54) is 5.56 Å². The number of nitrogens with one attached hydrogen (secondary N) is 2. The minimum atomic E-state index is -0.376. The molecule has 1 amide bonds. The van der Waals surface area contributed by atoms with Crippen LogP contribution >= 0.6 is 0 Å². The van der Waals surface area contributed by atoms with Gasteiger partial charge in [0.1, 0.15) is 11.4 Å². The van der Waals surface area contributed by atoms with E-state index in [1.54, 1.807) is 0 Å². The van der Waals surface area contributed by atoms with Gasteiger partial charge in [-0.25, -0.2) is 0 Å². The van der Waals surface area contributed by atoms with E-state index in [1.807, 2.05) is 17.0 Å². The van der Waals surface area contributed by atoms with Gasteiger partial charge in [-0.3, -0.25) is 14.4 Å². The zero-order valence-electron chi connectivity index (χ0n) is 17.7. The second kappa shape index (κ2) is 9.02. The summed E-state index contributed by atoms with van der Waals surface area (Å²) in [7, 11) is 0. The highest BCUT2D eigenvalue weighted by atomic mass is 16.2. The van der Waals surface area contributed by atoms with Crippen molar-refractivity contribution in [2.45, 2.75) is 51.9 Å². The molecule has 6 nitrogen and oxygen atoms in total. The van der Waals surface area contributed by atoms with Crippen molar-refractivity contribution >= 4 is 23.0 Å². The van der Waals surface area contributed by atoms with Gasteiger partial charge >= 0.3 is 0 Å². The molecule has 2 N–H and O–H groups in total. The summed E-state index contributed by atoms with van der Waals surface area (Å²) in [4.78, 5) is 38.6. The number of rotatable bonds is 7. The van der Waals surface area contributed by atoms with Crippen molar-refractivity contribution in [2.75, 3.05) is 35.2 Å². The molecular weight excluding hydrogens is 378 g/mol. The predicted molar refractivity (Wildman–Crippen MR) is 121 cm³/mol. The van der Waals surface area contributed by atoms with Gasteiger partial charge in [-0.05, 0) is 68.6 Å². The number of amides is 1. The van der Waals surface area contributed by atoms with Crippen LogP contribution in [0.1, 0.15) is 51.0 Å². The second-order valence-corrected chi connectivity index (χ2v) is 8.71. The van der Waals surface area contributed by atoms with Gasteiger partial charge in [0.05, 0.1) is 0 Å². The van der Waals surface area contributed by atoms with Crippen LogP contribution in [-0.4, -0.2) is 25.5 Å². The average Bonchev–Trinajstić information content (AvgIpc) is 3.30. The quantitative estimate of drug-likeness (QED) is 0.686. The third kappa shape index (κ3) is 4.27. The maximum Gasteiger partial charge on any atom is 0.253 e. The van der Waals surface area contributed by atoms with Crippen LogP contribution in [0.15, 0.2) is 33.9 Å². The molecule has 0 radical (unpaired) electrons. The van der Waals surface area contributed by atoms with Crippen LogP contribution in [0.4, 0.5) is 17.1 Å². The molecule has 1 aliphatic heterocycles. The Labute approximate surface area is 177 Å². The van der Waals surface area contributed by atoms with Gasteiger partial charge in [0.25, 0.3) is 10.9 Å². The molecule has 4 rings (SSSR count). The molecule has 2 aromatic rings. The SMILES string of the molecule is CCc1ccc(NC(=O)C2CCC(CNc3c(N4CCCC4)c(=O)c3=O)CC2)cc1. The molecule has 160 valence electrons. The Morgan fingerprint density at radius 3 is 2.30 bits per heavy atom. The highest BCUT2D eigenvalue weighted by molar-refractivity contribution is 5.92. The molecule has 1 saturated heterocycles. The van der Waals surface area contributed by atoms with Gasteiger partial charge in [0, 0.05) is 31.2 Å². The average molecular weight is 410 g/mol. The Morgan fingerprint density at radius 1 is 1.00 bits per heavy atom. The number of hydrogen-bond donors (Lipinski definition) is 2. The molecule has 1 aliphatic carbocycles. The number of carbonyl (C=O) groups excluding carboxylic acids is 1. The lowest BCUT2D eigenvalue weighted by Gasteiger charge is -2.29. The van der Waals surface area contributed by atoms with E-state index in [0.29, 0.717) is 23.8 Å². The number of carbonyl (C=O) groups is 1. The minimum Gasteiger partial charge on any atom is -0.380 e. The summed E-state index contributed by atoms with van der Waals surface area (Å²) < 4.78 is 0. The molecule has 30 heavy (non-hydrogen) atoms. The maximum atomic E-state index is 12.6. The number of anilines is 3. The van der Waals surface area contributed by atoms with Crippen LogP contribution in [0.25, 0.3) is 0 Å². The number of aryl methyl sites for hydroxylation is 1. The van der Waals surface area contributed by atoms with Crippen LogP contribution in [-0.2, 0) is 11.2 Å². The fourth-order valence-electron chi connectivity index (χ4n) is 4.73. The second-order valence-electron chi connectivity index (χ2n) is 8.71. The van der Waals surface area contributed by atoms with Crippen molar-refractivity contribution in [1.82, 2.24) is 0 Å². The molecule has 6 heteroatoms. The fraction of sp³-hybridized carbons (Fsp3) is 0.542. The van der Waals surface area contributed by atoms with Crippen LogP contribution in [0, 0.1) is 11.8 Å². The van der Waals surface area contributed by atoms with E-state index < -0.39 is 0 Å². The smallest absolute Gasteiger partial charge is 0.253 e. The zero-order valence-corrected chi connectivity index (χ0v) is 17.7. The third-order valence-corrected chi connectivity index (χ3v) is 6.72. The third-order valence-electron chi connectivity index (χ3n) is 6.72. The Bertz CT molecular complexity index is 945. The Hall–Kier alpha value is -2.63. The van der Waals surface area contributed by atoms with E-state index in [2.05, 4.69) is 29.7 Å². The topological polar surface area (TPSA) is 78.5 Å². The summed E-state index contributed by atoms with van der Waals surface area (Å²) in [6.07, 6.45) is 6.76. The van der Waals surface area contributed by atoms with Gasteiger partial charge in [0.2, 0.25) is 5.91 Å². The van der Waals surface area contributed by atoms with Gasteiger partial charge in [-0.15, -0.1) is 0 Å². The van der Waals surface area contributed by atoms with Gasteiger partial charge in [-0.2, -0.15) is 0 Å². The van der Waals surface area contributed by atoms with Crippen LogP contribution in [0.2, 0.25) is 0 Å². The summed E-state index contributed by atoms with van der Waals surface area (Å²) in [6.45, 7) is 4.53. The van der Waals surface area contributed by atoms with Crippen molar-refractivity contribution in [3.8, 4) is 0 Å². The first kappa shape index (κ1) is 20.6. The molecule has 1 heterocycles. The van der Waals surface area contributed by atoms with E-state index in [0.717, 1.165) is 63.7 Å². The van der Waals surface area contributed by atoms with E-state index in [4.69, 9.17) is 0 Å². The summed E-state index contributed by atoms with van der Waals surface area (Å²) in [5.74, 6) is 0.566. The van der Waals surface area contributed by atoms with E-state index in [9.17, 15) is 14.4 Å². The van der Waals surface area contributed by atoms with Crippen molar-refractivity contribution in [3.05, 3.63) is 50.3 Å². The lowest BCUT2D eigenvalue weighted by atomic mass is 9.81. The van der Waals surface area contributed by atoms with Crippen molar-refractivity contribution in [1.29, 1.82) is 0 Å². The minimum absolute atomic E-state index is 0.0402. The normalized spacial score (nSPS) is 21.7. The molecule has 2 aliphatic rings. The molecule has 0 unspecified atom stereocenters. The summed E-state index contributed by atoms with van der Waals surface area (Å²) >= 11 is 0. The zero-order chi connectivity index (χ0) is 21.1. The molecule has 0 aromatic heterocycles. The first-order chi connectivity index (χ1) is 14.6. The van der Waals surface area contributed by atoms with Gasteiger partial charge < -0.3 is 15.5 Å². The van der Waals surface area contributed by atoms with E-state index >= 15 is 0 Å². The molecule has 2 aromatic carbocycles. The van der Waals surface area contributed by atoms with E-state index in [-0.39, 0.29) is 22.7 Å². The van der Waals surface area contributed by atoms with Crippen LogP contribution in [0.3, 0.4) is 0 Å². The van der Waals surface area contributed by atoms with Gasteiger partial charge in [-0.1, -0.05) is 19.1 Å². The standard InChI is InChI=1S/C24H31N3O3/c1-2-16-7-11-19(12-8-16)26-24(30)18-9-5-17(6-10-18)15-25-20-21(23(29)22(20)28)27-13-3-4-14-27/h7-8,11-12,17-18,25H,2-6,9-10,13-15H2,1H3,(H,26,30). The Balaban J connectivity index is 1.25. The highest BCUT2D eigenvalue weighted by Crippen LogP contribution is 2.31. The van der Waals surface area contributed by atoms with Crippen LogP contribution in [0.5, 0.6) is 0 Å². The number of benzene rings is 1. The van der Waals surface area contributed by atoms with Crippen molar-refractivity contribution in [3.63, 3.8) is 0 Å². The largest absolute Gasteiger partial charge is 0.380 e. The first-order valence-electron chi connectivity index (χ1n) is 11.3. The Kier molecular flexibility index (Phi) is 6.21. The summed E-state index contributed by atoms with van der Waals surface area (Å²) in [5.41, 5.74) is 2.51. The lowest BCUT2D eigenvalue weighted by molar-refractivity contribution is -0.121. The van der Waals surface area contributed by atoms with Gasteiger partial charge in [0.15, 0.2) is 0 Å². The maximum absolute atomic E-state index is 12.6. The monoisotopic (exact) mass is 409 g/mol. The van der Waals surface area contributed by atoms with Crippen molar-refractivity contribution < 1.29 is 4.79 Å². The molecule has 0 atom stereocenters. The predicted octanol–water partition coefficient (Wildman–Crippen LogP) is 3.30. The number of hydrogen-bond acceptors (Lipinski definition) is 5. The highest BCUT2D eigenvalue weighted by Gasteiger charge is 2.30. The molecule has 0 bridgehead atoms. The van der Waals surface area contributed by atoms with Crippen molar-refractivity contribution in [2.24, 2.45) is 11.8 Å². The fourth-order valence-corrected chi connectivity index (χ4v) is 4.73. The number of nitrogens with zero attached hydrogens (tertiary/aromatic N) is 1. The summed E-state index contributed by atoms with van der Waals surface area (Å²) in [5, 5.41) is 6.30. The molecule has 1 saturated carbocycles. The molecule has 2 fully saturated rings. The summed E-state index contributed by atoms with van der Waals surface area (Å²) in [6, 6.07) is 8.04. The Morgan fingerprint density at radius 2 is 1.67 bits per heavy atom.